The number of hydrogen-bond donors (Lipinski definition) is 1. The Morgan fingerprint density at radius 3 is 1.34 bits per heavy atom. The number of benzene rings is 9. The minimum atomic E-state index is -0.350. The lowest BCUT2D eigenvalue weighted by atomic mass is 9.96. The molecule has 0 aromatic heterocycles. The minimum absolute atomic E-state index is 0.0406. The van der Waals surface area contributed by atoms with Gasteiger partial charge in [0.15, 0.2) is 5.75 Å². The third kappa shape index (κ3) is 9.05. The zero-order valence-electron chi connectivity index (χ0n) is 35.7. The summed E-state index contributed by atoms with van der Waals surface area (Å²) in [6.07, 6.45) is 7.88. The average molecular weight is 853 g/mol. The van der Waals surface area contributed by atoms with Crippen LogP contribution in [-0.4, -0.2) is 12.0 Å². The predicted octanol–water partition coefficient (Wildman–Crippen LogP) is 14.7. The summed E-state index contributed by atoms with van der Waals surface area (Å²) < 4.78 is 5.39. The van der Waals surface area contributed by atoms with Crippen molar-refractivity contribution in [2.45, 2.75) is 6.92 Å². The molecule has 0 saturated heterocycles. The predicted molar refractivity (Wildman–Crippen MR) is 265 cm³/mol. The fraction of sp³-hybridized carbons (Fsp3) is 0.0357. The Hall–Kier alpha value is -8.50. The van der Waals surface area contributed by atoms with Crippen molar-refractivity contribution in [2.24, 2.45) is 5.90 Å². The molecule has 2 N–H and O–H groups in total. The summed E-state index contributed by atoms with van der Waals surface area (Å²) >= 11 is 0. The maximum absolute atomic E-state index is 12.8. The standard InChI is InChI=1S/C56H44N4O5/c1-39-13-25-46(26-14-39)58(44-9-5-3-6-10-44)47-27-19-41(20-28-47)16-18-43-23-35-51-54(38-43)56(64-65-57)52-36-24-42(37-53(52)55(51)60(61)62)17-15-40-21-29-48(30-22-40)59(45-11-7-4-8-12-45)49-31-33-50(63-2)34-32-49/h3-38H,57H2,1-2H3/b17-15+,18-16+. The van der Waals surface area contributed by atoms with E-state index in [9.17, 15) is 10.1 Å². The zero-order chi connectivity index (χ0) is 44.7. The van der Waals surface area contributed by atoms with Gasteiger partial charge in [-0.15, -0.1) is 0 Å². The van der Waals surface area contributed by atoms with Crippen LogP contribution in [0.15, 0.2) is 194 Å². The number of methoxy groups -OCH3 is 1. The number of rotatable bonds is 14. The van der Waals surface area contributed by atoms with Gasteiger partial charge in [-0.05, 0) is 138 Å². The van der Waals surface area contributed by atoms with Crippen LogP contribution in [0, 0.1) is 17.0 Å². The van der Waals surface area contributed by atoms with Crippen LogP contribution >= 0.6 is 0 Å². The van der Waals surface area contributed by atoms with Gasteiger partial charge >= 0.3 is 0 Å². The van der Waals surface area contributed by atoms with Gasteiger partial charge in [0.25, 0.3) is 5.69 Å². The van der Waals surface area contributed by atoms with Crippen molar-refractivity contribution < 1.29 is 19.5 Å². The summed E-state index contributed by atoms with van der Waals surface area (Å²) in [7, 11) is 1.66. The molecule has 65 heavy (non-hydrogen) atoms. The molecule has 9 heteroatoms. The van der Waals surface area contributed by atoms with Crippen molar-refractivity contribution in [3.63, 3.8) is 0 Å². The van der Waals surface area contributed by atoms with Gasteiger partial charge in [0.05, 0.1) is 22.8 Å². The number of ether oxygens (including phenoxy) is 1. The lowest BCUT2D eigenvalue weighted by Crippen LogP contribution is -2.09. The summed E-state index contributed by atoms with van der Waals surface area (Å²) in [5.74, 6) is 6.55. The van der Waals surface area contributed by atoms with E-state index in [-0.39, 0.29) is 16.4 Å². The highest BCUT2D eigenvalue weighted by molar-refractivity contribution is 6.14. The summed E-state index contributed by atoms with van der Waals surface area (Å²) in [6.45, 7) is 2.08. The number of nitrogens with zero attached hydrogens (tertiary/aromatic N) is 3. The topological polar surface area (TPSA) is 103 Å². The smallest absolute Gasteiger partial charge is 0.285 e. The van der Waals surface area contributed by atoms with Crippen molar-refractivity contribution in [3.8, 4) is 11.5 Å². The van der Waals surface area contributed by atoms with Gasteiger partial charge < -0.3 is 19.4 Å². The first-order chi connectivity index (χ1) is 31.9. The van der Waals surface area contributed by atoms with Gasteiger partial charge in [0, 0.05) is 44.9 Å². The number of nitro groups is 1. The highest BCUT2D eigenvalue weighted by Crippen LogP contribution is 2.44. The Morgan fingerprint density at radius 2 is 0.877 bits per heavy atom. The molecular formula is C56H44N4O5. The molecular weight excluding hydrogens is 809 g/mol. The summed E-state index contributed by atoms with van der Waals surface area (Å²) in [4.78, 5) is 27.2. The third-order valence-corrected chi connectivity index (χ3v) is 11.3. The molecule has 9 aromatic rings. The van der Waals surface area contributed by atoms with E-state index in [1.165, 1.54) is 5.56 Å². The number of aryl methyl sites for hydroxylation is 1. The lowest BCUT2D eigenvalue weighted by molar-refractivity contribution is -0.381. The van der Waals surface area contributed by atoms with Crippen LogP contribution in [-0.2, 0) is 4.99 Å². The largest absolute Gasteiger partial charge is 0.497 e. The molecule has 9 rings (SSSR count). The van der Waals surface area contributed by atoms with Crippen molar-refractivity contribution in [3.05, 3.63) is 232 Å². The SMILES string of the molecule is COc1ccc(N(c2ccccc2)c2ccc(/C=C/c3ccc4c(OON)c5cc(/C=C/c6ccc(N(c7ccccc7)c7ccc(C)cc7)cc6)ccc5c([N+](=O)[O-])c4c3)cc2)cc1. The minimum Gasteiger partial charge on any atom is -0.497 e. The summed E-state index contributed by atoms with van der Waals surface area (Å²) in [5, 5.41) is 14.6. The van der Waals surface area contributed by atoms with E-state index in [1.54, 1.807) is 25.3 Å². The molecule has 0 bridgehead atoms. The molecule has 0 radical (unpaired) electrons. The Kier molecular flexibility index (Phi) is 12.1. The molecule has 0 saturated carbocycles. The first-order valence-electron chi connectivity index (χ1n) is 21.1. The Morgan fingerprint density at radius 1 is 0.477 bits per heavy atom. The second kappa shape index (κ2) is 18.9. The maximum atomic E-state index is 12.8. The molecule has 9 nitrogen and oxygen atoms in total. The lowest BCUT2D eigenvalue weighted by Gasteiger charge is -2.25. The molecule has 0 unspecified atom stereocenters. The maximum Gasteiger partial charge on any atom is 0.285 e. The van der Waals surface area contributed by atoms with Gasteiger partial charge in [0.2, 0.25) is 0 Å². The number of non-ortho nitro benzene ring substituents is 1. The number of para-hydroxylation sites is 2. The molecule has 0 aliphatic carbocycles. The van der Waals surface area contributed by atoms with Crippen molar-refractivity contribution in [2.75, 3.05) is 16.9 Å². The normalized spacial score (nSPS) is 11.4. The van der Waals surface area contributed by atoms with E-state index in [1.807, 2.05) is 115 Å². The van der Waals surface area contributed by atoms with Crippen LogP contribution in [0.25, 0.3) is 45.8 Å². The second-order valence-corrected chi connectivity index (χ2v) is 15.4. The van der Waals surface area contributed by atoms with E-state index in [2.05, 4.69) is 102 Å². The molecule has 318 valence electrons. The van der Waals surface area contributed by atoms with E-state index in [4.69, 9.17) is 20.5 Å². The zero-order valence-corrected chi connectivity index (χ0v) is 35.7. The molecule has 0 heterocycles. The van der Waals surface area contributed by atoms with Crippen LogP contribution in [0.3, 0.4) is 0 Å². The molecule has 0 aliphatic heterocycles. The number of hydrogen-bond acceptors (Lipinski definition) is 8. The Balaban J connectivity index is 0.993. The van der Waals surface area contributed by atoms with Crippen LogP contribution in [0.1, 0.15) is 27.8 Å². The van der Waals surface area contributed by atoms with Crippen molar-refractivity contribution >= 4 is 85.7 Å². The van der Waals surface area contributed by atoms with Crippen LogP contribution in [0.4, 0.5) is 39.8 Å². The van der Waals surface area contributed by atoms with Gasteiger partial charge in [-0.1, -0.05) is 120 Å². The molecule has 0 spiro atoms. The molecule has 9 aromatic carbocycles. The van der Waals surface area contributed by atoms with E-state index in [0.717, 1.165) is 62.1 Å². The van der Waals surface area contributed by atoms with Crippen LogP contribution < -0.4 is 25.3 Å². The fourth-order valence-electron chi connectivity index (χ4n) is 8.07. The number of nitro benzene ring substituents is 1. The molecule has 0 amide bonds. The monoisotopic (exact) mass is 852 g/mol. The Labute approximate surface area is 377 Å². The Bertz CT molecular complexity index is 3160. The number of fused-ring (bicyclic) bond motifs is 2. The first kappa shape index (κ1) is 41.8. The van der Waals surface area contributed by atoms with E-state index < -0.39 is 0 Å². The number of anilines is 6. The van der Waals surface area contributed by atoms with Crippen molar-refractivity contribution in [1.82, 2.24) is 0 Å². The quantitative estimate of drug-likeness (QED) is 0.0379. The van der Waals surface area contributed by atoms with Gasteiger partial charge in [-0.3, -0.25) is 10.1 Å². The summed E-state index contributed by atoms with van der Waals surface area (Å²) in [5.41, 5.74) is 10.8. The number of nitrogens with two attached hydrogens (primary N) is 1. The summed E-state index contributed by atoms with van der Waals surface area (Å²) in [6, 6.07) is 64.3. The fourth-order valence-corrected chi connectivity index (χ4v) is 8.07. The highest BCUT2D eigenvalue weighted by atomic mass is 17.3. The average Bonchev–Trinajstić information content (AvgIpc) is 3.35. The molecule has 0 fully saturated rings. The van der Waals surface area contributed by atoms with Crippen LogP contribution in [0.5, 0.6) is 11.5 Å². The van der Waals surface area contributed by atoms with Gasteiger partial charge in [-0.2, -0.15) is 5.90 Å². The van der Waals surface area contributed by atoms with E-state index >= 15 is 0 Å². The van der Waals surface area contributed by atoms with Gasteiger partial charge in [-0.25, -0.2) is 0 Å². The van der Waals surface area contributed by atoms with E-state index in [0.29, 0.717) is 21.5 Å². The van der Waals surface area contributed by atoms with Gasteiger partial charge in [0.1, 0.15) is 5.75 Å². The van der Waals surface area contributed by atoms with Crippen molar-refractivity contribution in [1.29, 1.82) is 0 Å². The highest BCUT2D eigenvalue weighted by Gasteiger charge is 2.24. The van der Waals surface area contributed by atoms with Crippen LogP contribution in [0.2, 0.25) is 0 Å². The molecule has 0 atom stereocenters. The second-order valence-electron chi connectivity index (χ2n) is 15.4. The first-order valence-corrected chi connectivity index (χ1v) is 21.1. The molecule has 0 aliphatic rings. The third-order valence-electron chi connectivity index (χ3n) is 11.3.